The van der Waals surface area contributed by atoms with Crippen LogP contribution in [-0.4, -0.2) is 17.5 Å². The van der Waals surface area contributed by atoms with Gasteiger partial charge in [-0.25, -0.2) is 0 Å². The first-order valence-electron chi connectivity index (χ1n) is 4.68. The van der Waals surface area contributed by atoms with E-state index in [2.05, 4.69) is 5.32 Å². The van der Waals surface area contributed by atoms with Gasteiger partial charge in [-0.05, 0) is 30.9 Å². The summed E-state index contributed by atoms with van der Waals surface area (Å²) in [5.41, 5.74) is 0.977. The van der Waals surface area contributed by atoms with E-state index in [-0.39, 0.29) is 11.3 Å². The fourth-order valence-electron chi connectivity index (χ4n) is 1.12. The summed E-state index contributed by atoms with van der Waals surface area (Å²) in [7, 11) is 0. The maximum atomic E-state index is 11.5. The second-order valence-electron chi connectivity index (χ2n) is 3.25. The van der Waals surface area contributed by atoms with Gasteiger partial charge in [0, 0.05) is 5.02 Å². The second-order valence-corrected chi connectivity index (χ2v) is 4.86. The summed E-state index contributed by atoms with van der Waals surface area (Å²) >= 11 is 7.36. The average molecular weight is 244 g/mol. The third-order valence-electron chi connectivity index (χ3n) is 2.00. The number of amides is 1. The maximum absolute atomic E-state index is 11.5. The molecule has 1 rings (SSSR count). The highest BCUT2D eigenvalue weighted by Crippen LogP contribution is 2.10. The second kappa shape index (κ2) is 6.03. The van der Waals surface area contributed by atoms with Crippen molar-refractivity contribution in [3.05, 3.63) is 34.9 Å². The van der Waals surface area contributed by atoms with E-state index in [1.807, 2.05) is 25.3 Å². The van der Waals surface area contributed by atoms with E-state index in [0.717, 1.165) is 5.56 Å². The molecule has 1 N–H and O–H groups in total. The van der Waals surface area contributed by atoms with Gasteiger partial charge in [-0.2, -0.15) is 0 Å². The first-order valence-corrected chi connectivity index (χ1v) is 6.35. The summed E-state index contributed by atoms with van der Waals surface area (Å²) in [5.74, 6) is 0.0409. The van der Waals surface area contributed by atoms with Crippen LogP contribution in [0.25, 0.3) is 0 Å². The monoisotopic (exact) mass is 243 g/mol. The van der Waals surface area contributed by atoms with Crippen LogP contribution < -0.4 is 5.32 Å². The number of hydrogen-bond acceptors (Lipinski definition) is 2. The maximum Gasteiger partial charge on any atom is 0.225 e. The minimum absolute atomic E-state index is 0.0409. The number of rotatable bonds is 4. The van der Waals surface area contributed by atoms with Crippen molar-refractivity contribution in [1.29, 1.82) is 0 Å². The smallest absolute Gasteiger partial charge is 0.225 e. The molecule has 2 nitrogen and oxygen atoms in total. The Bertz CT molecular complexity index is 326. The first kappa shape index (κ1) is 12.4. The molecule has 0 saturated heterocycles. The molecule has 0 aliphatic rings. The van der Waals surface area contributed by atoms with Crippen LogP contribution in [0.1, 0.15) is 12.5 Å². The Kier molecular flexibility index (Phi) is 4.99. The number of carbonyl (C=O) groups excluding carboxylic acids is 1. The Hall–Kier alpha value is -0.670. The molecule has 0 radical (unpaired) electrons. The van der Waals surface area contributed by atoms with E-state index in [0.29, 0.717) is 11.4 Å². The van der Waals surface area contributed by atoms with Crippen molar-refractivity contribution in [3.8, 4) is 0 Å². The van der Waals surface area contributed by atoms with Gasteiger partial charge in [0.15, 0.2) is 0 Å². The zero-order valence-corrected chi connectivity index (χ0v) is 10.4. The van der Waals surface area contributed by atoms with Crippen LogP contribution in [0.5, 0.6) is 0 Å². The molecule has 0 spiro atoms. The number of hydrogen-bond donors (Lipinski definition) is 1. The normalized spacial score (nSPS) is 12.2. The summed E-state index contributed by atoms with van der Waals surface area (Å²) in [6.07, 6.45) is 2.37. The first-order chi connectivity index (χ1) is 7.11. The van der Waals surface area contributed by atoms with Gasteiger partial charge in [0.25, 0.3) is 0 Å². The van der Waals surface area contributed by atoms with Crippen molar-refractivity contribution in [1.82, 2.24) is 5.32 Å². The summed E-state index contributed by atoms with van der Waals surface area (Å²) in [5, 5.41) is 3.73. The fraction of sp³-hybridized carbons (Fsp3) is 0.364. The molecule has 0 aliphatic carbocycles. The Morgan fingerprint density at radius 2 is 2.07 bits per heavy atom. The van der Waals surface area contributed by atoms with Crippen molar-refractivity contribution in [2.24, 2.45) is 0 Å². The molecule has 82 valence electrons. The number of benzene rings is 1. The predicted molar refractivity (Wildman–Crippen MR) is 66.3 cm³/mol. The van der Waals surface area contributed by atoms with E-state index in [1.54, 1.807) is 23.9 Å². The van der Waals surface area contributed by atoms with Gasteiger partial charge in [0.1, 0.15) is 0 Å². The molecule has 0 heterocycles. The summed E-state index contributed by atoms with van der Waals surface area (Å²) in [6.45, 7) is 1.96. The van der Waals surface area contributed by atoms with E-state index in [1.165, 1.54) is 0 Å². The standard InChI is InChI=1S/C11H14ClNOS/c1-8(15-2)13-11(14)7-9-3-5-10(12)6-4-9/h3-6,8H,7H2,1-2H3,(H,13,14)/t8-/m0/s1. The van der Waals surface area contributed by atoms with Crippen molar-refractivity contribution < 1.29 is 4.79 Å². The van der Waals surface area contributed by atoms with Crippen LogP contribution in [0.2, 0.25) is 5.02 Å². The average Bonchev–Trinajstić information content (AvgIpc) is 2.21. The largest absolute Gasteiger partial charge is 0.344 e. The van der Waals surface area contributed by atoms with Crippen LogP contribution in [0, 0.1) is 0 Å². The van der Waals surface area contributed by atoms with Gasteiger partial charge in [0.05, 0.1) is 11.8 Å². The van der Waals surface area contributed by atoms with Crippen LogP contribution in [-0.2, 0) is 11.2 Å². The third kappa shape index (κ3) is 4.58. The molecule has 1 aromatic carbocycles. The minimum Gasteiger partial charge on any atom is -0.344 e. The zero-order chi connectivity index (χ0) is 11.3. The molecule has 4 heteroatoms. The highest BCUT2D eigenvalue weighted by molar-refractivity contribution is 7.99. The number of carbonyl (C=O) groups is 1. The fourth-order valence-corrected chi connectivity index (χ4v) is 1.50. The third-order valence-corrected chi connectivity index (χ3v) is 3.07. The van der Waals surface area contributed by atoms with Gasteiger partial charge < -0.3 is 5.32 Å². The Labute approximate surface area is 99.4 Å². The molecule has 0 fully saturated rings. The van der Waals surface area contributed by atoms with Crippen molar-refractivity contribution in [2.75, 3.05) is 6.26 Å². The Morgan fingerprint density at radius 1 is 1.47 bits per heavy atom. The van der Waals surface area contributed by atoms with Gasteiger partial charge in [-0.3, -0.25) is 4.79 Å². The summed E-state index contributed by atoms with van der Waals surface area (Å²) in [6, 6.07) is 7.32. The minimum atomic E-state index is 0.0409. The molecular weight excluding hydrogens is 230 g/mol. The van der Waals surface area contributed by atoms with Gasteiger partial charge >= 0.3 is 0 Å². The number of nitrogens with one attached hydrogen (secondary N) is 1. The van der Waals surface area contributed by atoms with Crippen LogP contribution in [0.3, 0.4) is 0 Å². The zero-order valence-electron chi connectivity index (χ0n) is 8.79. The molecule has 15 heavy (non-hydrogen) atoms. The molecule has 0 saturated carbocycles. The van der Waals surface area contributed by atoms with E-state index < -0.39 is 0 Å². The highest BCUT2D eigenvalue weighted by atomic mass is 35.5. The van der Waals surface area contributed by atoms with Crippen LogP contribution in [0.15, 0.2) is 24.3 Å². The van der Waals surface area contributed by atoms with E-state index in [4.69, 9.17) is 11.6 Å². The molecular formula is C11H14ClNOS. The van der Waals surface area contributed by atoms with Gasteiger partial charge in [0.2, 0.25) is 5.91 Å². The van der Waals surface area contributed by atoms with Crippen molar-refractivity contribution in [2.45, 2.75) is 18.7 Å². The molecule has 0 aromatic heterocycles. The quantitative estimate of drug-likeness (QED) is 0.824. The van der Waals surface area contributed by atoms with Crippen molar-refractivity contribution in [3.63, 3.8) is 0 Å². The predicted octanol–water partition coefficient (Wildman–Crippen LogP) is 2.71. The summed E-state index contributed by atoms with van der Waals surface area (Å²) in [4.78, 5) is 11.5. The van der Waals surface area contributed by atoms with Crippen LogP contribution >= 0.6 is 23.4 Å². The van der Waals surface area contributed by atoms with Gasteiger partial charge in [-0.1, -0.05) is 23.7 Å². The lowest BCUT2D eigenvalue weighted by molar-refractivity contribution is -0.120. The number of thioether (sulfide) groups is 1. The lowest BCUT2D eigenvalue weighted by Crippen LogP contribution is -2.31. The van der Waals surface area contributed by atoms with E-state index in [9.17, 15) is 4.79 Å². The molecule has 1 aromatic rings. The Morgan fingerprint density at radius 3 is 2.60 bits per heavy atom. The lowest BCUT2D eigenvalue weighted by Gasteiger charge is -2.10. The summed E-state index contributed by atoms with van der Waals surface area (Å²) < 4.78 is 0. The molecule has 1 atom stereocenters. The number of halogens is 1. The molecule has 0 aliphatic heterocycles. The van der Waals surface area contributed by atoms with Crippen LogP contribution in [0.4, 0.5) is 0 Å². The topological polar surface area (TPSA) is 29.1 Å². The molecule has 0 unspecified atom stereocenters. The highest BCUT2D eigenvalue weighted by Gasteiger charge is 2.06. The van der Waals surface area contributed by atoms with Crippen molar-refractivity contribution >= 4 is 29.3 Å². The SMILES string of the molecule is CS[C@@H](C)NC(=O)Cc1ccc(Cl)cc1. The lowest BCUT2D eigenvalue weighted by atomic mass is 10.1. The molecule has 0 bridgehead atoms. The van der Waals surface area contributed by atoms with Gasteiger partial charge in [-0.15, -0.1) is 11.8 Å². The van der Waals surface area contributed by atoms with E-state index >= 15 is 0 Å². The Balaban J connectivity index is 2.48. The molecule has 1 amide bonds.